The molecule has 2 heterocycles. The van der Waals surface area contributed by atoms with Crippen LogP contribution in [0.25, 0.3) is 0 Å². The fraction of sp³-hybridized carbons (Fsp3) is 0.545. The topological polar surface area (TPSA) is 71.1 Å². The molecular weight excluding hydrogens is 257 g/mol. The number of halogens is 1. The molecule has 1 atom stereocenters. The smallest absolute Gasteiger partial charge is 0.261 e. The molecule has 2 rings (SSSR count). The lowest BCUT2D eigenvalue weighted by molar-refractivity contribution is 0.512. The van der Waals surface area contributed by atoms with E-state index in [0.29, 0.717) is 12.5 Å². The van der Waals surface area contributed by atoms with Crippen LogP contribution in [0.4, 0.5) is 4.39 Å². The van der Waals surface area contributed by atoms with Crippen molar-refractivity contribution in [2.75, 3.05) is 19.6 Å². The van der Waals surface area contributed by atoms with E-state index in [1.807, 2.05) is 0 Å². The van der Waals surface area contributed by atoms with E-state index in [1.165, 1.54) is 12.3 Å². The van der Waals surface area contributed by atoms with Gasteiger partial charge in [-0.15, -0.1) is 0 Å². The Bertz CT molecular complexity index is 501. The first-order valence-corrected chi connectivity index (χ1v) is 7.39. The second-order valence-corrected chi connectivity index (χ2v) is 6.02. The van der Waals surface area contributed by atoms with Crippen molar-refractivity contribution in [1.29, 1.82) is 0 Å². The second kappa shape index (κ2) is 5.73. The molecule has 0 bridgehead atoms. The summed E-state index contributed by atoms with van der Waals surface area (Å²) in [7, 11) is -3.84. The molecule has 2 N–H and O–H groups in total. The summed E-state index contributed by atoms with van der Waals surface area (Å²) in [6.45, 7) is 2.21. The standard InChI is InChI=1S/C11H16FN3O2S/c12-10-2-1-5-14-11(10)18(16,17)15-7-4-9-3-6-13-8-9/h1-2,5,9,13,15H,3-4,6-8H2. The fourth-order valence-electron chi connectivity index (χ4n) is 2.00. The molecule has 1 aromatic heterocycles. The largest absolute Gasteiger partial charge is 0.316 e. The predicted octanol–water partition coefficient (Wildman–Crippen LogP) is 0.499. The van der Waals surface area contributed by atoms with E-state index < -0.39 is 20.9 Å². The molecule has 100 valence electrons. The highest BCUT2D eigenvalue weighted by Crippen LogP contribution is 2.13. The Hall–Kier alpha value is -1.05. The monoisotopic (exact) mass is 273 g/mol. The number of pyridine rings is 1. The zero-order chi connectivity index (χ0) is 13.0. The Morgan fingerprint density at radius 3 is 3.06 bits per heavy atom. The van der Waals surface area contributed by atoms with Crippen molar-refractivity contribution in [2.45, 2.75) is 17.9 Å². The van der Waals surface area contributed by atoms with Crippen LogP contribution in [0, 0.1) is 11.7 Å². The Morgan fingerprint density at radius 1 is 1.56 bits per heavy atom. The molecule has 0 spiro atoms. The maximum absolute atomic E-state index is 13.3. The summed E-state index contributed by atoms with van der Waals surface area (Å²) in [5.74, 6) is -0.339. The van der Waals surface area contributed by atoms with Gasteiger partial charge in [-0.25, -0.2) is 22.5 Å². The maximum atomic E-state index is 13.3. The van der Waals surface area contributed by atoms with Crippen LogP contribution in [0.1, 0.15) is 12.8 Å². The van der Waals surface area contributed by atoms with Crippen molar-refractivity contribution in [3.63, 3.8) is 0 Å². The first-order valence-electron chi connectivity index (χ1n) is 5.90. The van der Waals surface area contributed by atoms with Crippen molar-refractivity contribution >= 4 is 10.0 Å². The molecular formula is C11H16FN3O2S. The molecule has 1 aliphatic rings. The summed E-state index contributed by atoms with van der Waals surface area (Å²) in [6, 6.07) is 2.45. The fourth-order valence-corrected chi connectivity index (χ4v) is 3.04. The molecule has 18 heavy (non-hydrogen) atoms. The summed E-state index contributed by atoms with van der Waals surface area (Å²) < 4.78 is 39.3. The minimum Gasteiger partial charge on any atom is -0.316 e. The molecule has 1 aromatic rings. The van der Waals surface area contributed by atoms with E-state index in [-0.39, 0.29) is 0 Å². The third-order valence-electron chi connectivity index (χ3n) is 2.99. The van der Waals surface area contributed by atoms with Crippen molar-refractivity contribution < 1.29 is 12.8 Å². The molecule has 0 aliphatic carbocycles. The Morgan fingerprint density at radius 2 is 2.39 bits per heavy atom. The van der Waals surface area contributed by atoms with E-state index in [4.69, 9.17) is 0 Å². The number of nitrogens with zero attached hydrogens (tertiary/aromatic N) is 1. The summed E-state index contributed by atoms with van der Waals surface area (Å²) in [4.78, 5) is 3.56. The molecule has 0 amide bonds. The van der Waals surface area contributed by atoms with Crippen molar-refractivity contribution in [3.05, 3.63) is 24.1 Å². The molecule has 1 aliphatic heterocycles. The molecule has 1 saturated heterocycles. The van der Waals surface area contributed by atoms with Crippen LogP contribution in [-0.4, -0.2) is 33.0 Å². The number of aromatic nitrogens is 1. The van der Waals surface area contributed by atoms with Gasteiger partial charge in [0.2, 0.25) is 5.03 Å². The summed E-state index contributed by atoms with van der Waals surface area (Å²) in [5, 5.41) is 2.68. The lowest BCUT2D eigenvalue weighted by Gasteiger charge is -2.09. The molecule has 0 saturated carbocycles. The Kier molecular flexibility index (Phi) is 4.26. The Balaban J connectivity index is 1.93. The van der Waals surface area contributed by atoms with Gasteiger partial charge in [-0.05, 0) is 44.0 Å². The second-order valence-electron chi connectivity index (χ2n) is 4.34. The summed E-state index contributed by atoms with van der Waals surface area (Å²) in [6.07, 6.45) is 3.07. The minimum absolute atomic E-state index is 0.310. The van der Waals surface area contributed by atoms with Gasteiger partial charge in [0, 0.05) is 12.7 Å². The third-order valence-corrected chi connectivity index (χ3v) is 4.38. The van der Waals surface area contributed by atoms with Gasteiger partial charge < -0.3 is 5.32 Å². The van der Waals surface area contributed by atoms with Crippen LogP contribution in [-0.2, 0) is 10.0 Å². The van der Waals surface area contributed by atoms with E-state index in [2.05, 4.69) is 15.0 Å². The van der Waals surface area contributed by atoms with Gasteiger partial charge >= 0.3 is 0 Å². The third kappa shape index (κ3) is 3.24. The number of hydrogen-bond donors (Lipinski definition) is 2. The predicted molar refractivity (Wildman–Crippen MR) is 65.0 cm³/mol. The molecule has 0 radical (unpaired) electrons. The number of sulfonamides is 1. The first kappa shape index (κ1) is 13.4. The van der Waals surface area contributed by atoms with Crippen LogP contribution < -0.4 is 10.0 Å². The van der Waals surface area contributed by atoms with E-state index in [9.17, 15) is 12.8 Å². The van der Waals surface area contributed by atoms with Gasteiger partial charge in [0.25, 0.3) is 10.0 Å². The van der Waals surface area contributed by atoms with Crippen molar-refractivity contribution in [3.8, 4) is 0 Å². The molecule has 1 unspecified atom stereocenters. The van der Waals surface area contributed by atoms with Crippen molar-refractivity contribution in [1.82, 2.24) is 15.0 Å². The number of nitrogens with one attached hydrogen (secondary N) is 2. The van der Waals surface area contributed by atoms with Gasteiger partial charge in [0.1, 0.15) is 0 Å². The first-order chi connectivity index (χ1) is 8.59. The van der Waals surface area contributed by atoms with E-state index in [0.717, 1.165) is 32.0 Å². The molecule has 0 aromatic carbocycles. The van der Waals surface area contributed by atoms with Crippen LogP contribution in [0.5, 0.6) is 0 Å². The SMILES string of the molecule is O=S(=O)(NCCC1CCNC1)c1ncccc1F. The zero-order valence-corrected chi connectivity index (χ0v) is 10.7. The maximum Gasteiger partial charge on any atom is 0.261 e. The molecule has 7 heteroatoms. The Labute approximate surface area is 106 Å². The highest BCUT2D eigenvalue weighted by Gasteiger charge is 2.21. The van der Waals surface area contributed by atoms with Crippen LogP contribution in [0.3, 0.4) is 0 Å². The molecule has 5 nitrogen and oxygen atoms in total. The van der Waals surface area contributed by atoms with Gasteiger partial charge in [-0.1, -0.05) is 0 Å². The number of hydrogen-bond acceptors (Lipinski definition) is 4. The molecule has 1 fully saturated rings. The van der Waals surface area contributed by atoms with E-state index in [1.54, 1.807) is 0 Å². The highest BCUT2D eigenvalue weighted by molar-refractivity contribution is 7.89. The van der Waals surface area contributed by atoms with Gasteiger partial charge in [0.15, 0.2) is 5.82 Å². The zero-order valence-electron chi connectivity index (χ0n) is 9.89. The number of rotatable bonds is 5. The summed E-state index contributed by atoms with van der Waals surface area (Å²) >= 11 is 0. The minimum atomic E-state index is -3.84. The summed E-state index contributed by atoms with van der Waals surface area (Å²) in [5.41, 5.74) is 0. The van der Waals surface area contributed by atoms with Crippen molar-refractivity contribution in [2.24, 2.45) is 5.92 Å². The van der Waals surface area contributed by atoms with Gasteiger partial charge in [0.05, 0.1) is 0 Å². The highest BCUT2D eigenvalue weighted by atomic mass is 32.2. The lowest BCUT2D eigenvalue weighted by atomic mass is 10.1. The lowest BCUT2D eigenvalue weighted by Crippen LogP contribution is -2.28. The van der Waals surface area contributed by atoms with Gasteiger partial charge in [-0.3, -0.25) is 0 Å². The van der Waals surface area contributed by atoms with Crippen LogP contribution in [0.15, 0.2) is 23.4 Å². The normalized spacial score (nSPS) is 20.2. The quantitative estimate of drug-likeness (QED) is 0.819. The average molecular weight is 273 g/mol. The average Bonchev–Trinajstić information content (AvgIpc) is 2.82. The van der Waals surface area contributed by atoms with E-state index >= 15 is 0 Å². The van der Waals surface area contributed by atoms with Gasteiger partial charge in [-0.2, -0.15) is 0 Å². The van der Waals surface area contributed by atoms with Crippen LogP contribution >= 0.6 is 0 Å². The van der Waals surface area contributed by atoms with Crippen LogP contribution in [0.2, 0.25) is 0 Å².